The van der Waals surface area contributed by atoms with Crippen molar-refractivity contribution in [3.63, 3.8) is 0 Å². The normalized spacial score (nSPS) is 17.8. The number of nitrogens with zero attached hydrogens (tertiary/aromatic N) is 2. The van der Waals surface area contributed by atoms with Gasteiger partial charge in [-0.3, -0.25) is 0 Å². The second-order valence-corrected chi connectivity index (χ2v) is 7.36. The summed E-state index contributed by atoms with van der Waals surface area (Å²) in [4.78, 5) is 5.59. The van der Waals surface area contributed by atoms with E-state index >= 15 is 0 Å². The van der Waals surface area contributed by atoms with E-state index in [4.69, 9.17) is 11.6 Å². The summed E-state index contributed by atoms with van der Waals surface area (Å²) in [6.07, 6.45) is -4.36. The van der Waals surface area contributed by atoms with Crippen molar-refractivity contribution in [1.29, 1.82) is 0 Å². The lowest BCUT2D eigenvalue weighted by molar-refractivity contribution is -0.274. The lowest BCUT2D eigenvalue weighted by Crippen LogP contribution is -2.38. The maximum atomic E-state index is 12.8. The van der Waals surface area contributed by atoms with Crippen LogP contribution in [0.15, 0.2) is 48.8 Å². The van der Waals surface area contributed by atoms with Gasteiger partial charge in [0.15, 0.2) is 5.82 Å². The minimum Gasteiger partial charge on any atom is -0.406 e. The number of aromatic nitrogens is 1. The molecule has 168 valence electrons. The van der Waals surface area contributed by atoms with Gasteiger partial charge >= 0.3 is 12.5 Å². The fourth-order valence-corrected chi connectivity index (χ4v) is 3.42. The van der Waals surface area contributed by atoms with Gasteiger partial charge in [0.05, 0.1) is 16.6 Å². The second kappa shape index (κ2) is 8.96. The molecule has 0 saturated carbocycles. The van der Waals surface area contributed by atoms with Crippen LogP contribution in [0.2, 0.25) is 5.02 Å². The van der Waals surface area contributed by atoms with Crippen LogP contribution in [-0.4, -0.2) is 23.9 Å². The lowest BCUT2D eigenvalue weighted by Gasteiger charge is -2.27. The van der Waals surface area contributed by atoms with E-state index in [1.54, 1.807) is 11.1 Å². The largest absolute Gasteiger partial charge is 0.573 e. The Labute approximate surface area is 179 Å². The van der Waals surface area contributed by atoms with Gasteiger partial charge in [0.1, 0.15) is 5.75 Å². The van der Waals surface area contributed by atoms with E-state index in [0.29, 0.717) is 13.0 Å². The molecule has 2 aromatic rings. The smallest absolute Gasteiger partial charge is 0.406 e. The number of halogens is 7. The van der Waals surface area contributed by atoms with E-state index < -0.39 is 18.1 Å². The Hall–Kier alpha value is -2.46. The molecule has 1 aliphatic rings. The molecule has 4 nitrogen and oxygen atoms in total. The third-order valence-electron chi connectivity index (χ3n) is 4.73. The number of rotatable bonds is 6. The molecule has 11 heteroatoms. The number of alkyl halides is 6. The molecule has 0 saturated heterocycles. The molecule has 1 aromatic heterocycles. The SMILES string of the molecule is CC(NCC1CC=CN1c1ncc(C(F)(F)F)cc1Cl)c1ccc(OC(F)(F)F)cc1. The van der Waals surface area contributed by atoms with Gasteiger partial charge in [-0.15, -0.1) is 13.2 Å². The van der Waals surface area contributed by atoms with Gasteiger partial charge in [0, 0.05) is 25.0 Å². The summed E-state index contributed by atoms with van der Waals surface area (Å²) in [6.45, 7) is 2.28. The number of pyridine rings is 1. The van der Waals surface area contributed by atoms with Gasteiger partial charge < -0.3 is 15.0 Å². The van der Waals surface area contributed by atoms with E-state index in [1.165, 1.54) is 24.3 Å². The molecule has 0 aliphatic carbocycles. The average molecular weight is 466 g/mol. The molecular weight excluding hydrogens is 448 g/mol. The summed E-state index contributed by atoms with van der Waals surface area (Å²) in [7, 11) is 0. The molecule has 0 amide bonds. The van der Waals surface area contributed by atoms with Crippen LogP contribution >= 0.6 is 11.6 Å². The van der Waals surface area contributed by atoms with Crippen LogP contribution < -0.4 is 15.0 Å². The van der Waals surface area contributed by atoms with Crippen LogP contribution in [0, 0.1) is 0 Å². The highest BCUT2D eigenvalue weighted by Crippen LogP contribution is 2.35. The molecule has 1 N–H and O–H groups in total. The molecule has 3 rings (SSSR count). The number of hydrogen-bond acceptors (Lipinski definition) is 4. The number of benzene rings is 1. The number of ether oxygens (including phenoxy) is 1. The molecule has 0 fully saturated rings. The molecule has 0 bridgehead atoms. The zero-order valence-corrected chi connectivity index (χ0v) is 16.9. The zero-order chi connectivity index (χ0) is 22.8. The highest BCUT2D eigenvalue weighted by molar-refractivity contribution is 6.33. The van der Waals surface area contributed by atoms with Crippen LogP contribution in [0.1, 0.15) is 30.5 Å². The Balaban J connectivity index is 1.63. The van der Waals surface area contributed by atoms with Crippen LogP contribution in [0.4, 0.5) is 32.2 Å². The Morgan fingerprint density at radius 3 is 2.45 bits per heavy atom. The summed E-state index contributed by atoms with van der Waals surface area (Å²) in [5, 5.41) is 3.16. The van der Waals surface area contributed by atoms with Gasteiger partial charge in [-0.1, -0.05) is 29.8 Å². The fraction of sp³-hybridized carbons (Fsp3) is 0.350. The number of hydrogen-bond donors (Lipinski definition) is 1. The Kier molecular flexibility index (Phi) is 6.70. The van der Waals surface area contributed by atoms with Crippen molar-refractivity contribution in [2.24, 2.45) is 0 Å². The van der Waals surface area contributed by atoms with Crippen LogP contribution in [0.3, 0.4) is 0 Å². The molecule has 0 radical (unpaired) electrons. The van der Waals surface area contributed by atoms with Crippen molar-refractivity contribution in [2.75, 3.05) is 11.4 Å². The molecule has 2 atom stereocenters. The summed E-state index contributed by atoms with van der Waals surface area (Å²) >= 11 is 6.05. The first-order valence-electron chi connectivity index (χ1n) is 9.21. The first-order valence-corrected chi connectivity index (χ1v) is 9.58. The molecule has 0 spiro atoms. The van der Waals surface area contributed by atoms with Crippen molar-refractivity contribution in [3.05, 3.63) is 65.0 Å². The predicted octanol–water partition coefficient (Wildman–Crippen LogP) is 6.10. The Morgan fingerprint density at radius 1 is 1.19 bits per heavy atom. The van der Waals surface area contributed by atoms with E-state index in [1.807, 2.05) is 13.0 Å². The van der Waals surface area contributed by atoms with E-state index in [0.717, 1.165) is 17.8 Å². The van der Waals surface area contributed by atoms with Gasteiger partial charge in [-0.05, 0) is 37.1 Å². The Bertz CT molecular complexity index is 930. The van der Waals surface area contributed by atoms with Gasteiger partial charge in [0.2, 0.25) is 0 Å². The zero-order valence-electron chi connectivity index (χ0n) is 16.1. The van der Waals surface area contributed by atoms with E-state index in [2.05, 4.69) is 15.0 Å². The molecule has 1 aliphatic heterocycles. The topological polar surface area (TPSA) is 37.4 Å². The van der Waals surface area contributed by atoms with Crippen molar-refractivity contribution in [3.8, 4) is 5.75 Å². The van der Waals surface area contributed by atoms with Crippen LogP contribution in [0.25, 0.3) is 0 Å². The Morgan fingerprint density at radius 2 is 1.87 bits per heavy atom. The summed E-state index contributed by atoms with van der Waals surface area (Å²) in [6, 6.07) is 6.02. The summed E-state index contributed by atoms with van der Waals surface area (Å²) in [5.41, 5.74) is -0.177. The van der Waals surface area contributed by atoms with Gasteiger partial charge in [-0.25, -0.2) is 4.98 Å². The molecule has 2 heterocycles. The monoisotopic (exact) mass is 465 g/mol. The third-order valence-corrected chi connectivity index (χ3v) is 5.01. The molecule has 1 aromatic carbocycles. The fourth-order valence-electron chi connectivity index (χ4n) is 3.16. The lowest BCUT2D eigenvalue weighted by atomic mass is 10.1. The number of anilines is 1. The molecular formula is C20H18ClF6N3O. The van der Waals surface area contributed by atoms with Crippen molar-refractivity contribution >= 4 is 17.4 Å². The van der Waals surface area contributed by atoms with Crippen molar-refractivity contribution in [2.45, 2.75) is 38.0 Å². The van der Waals surface area contributed by atoms with Gasteiger partial charge in [-0.2, -0.15) is 13.2 Å². The predicted molar refractivity (Wildman–Crippen MR) is 104 cm³/mol. The quantitative estimate of drug-likeness (QED) is 0.523. The molecule has 2 unspecified atom stereocenters. The average Bonchev–Trinajstić information content (AvgIpc) is 3.13. The third kappa shape index (κ3) is 6.04. The molecule has 31 heavy (non-hydrogen) atoms. The van der Waals surface area contributed by atoms with E-state index in [-0.39, 0.29) is 28.7 Å². The highest BCUT2D eigenvalue weighted by atomic mass is 35.5. The maximum absolute atomic E-state index is 12.8. The van der Waals surface area contributed by atoms with Crippen molar-refractivity contribution in [1.82, 2.24) is 10.3 Å². The standard InChI is InChI=1S/C20H18ClF6N3O/c1-12(13-4-6-16(7-5-13)31-20(25,26)27)28-11-15-3-2-8-30(15)18-17(21)9-14(10-29-18)19(22,23)24/h2,4-10,12,15,28H,3,11H2,1H3. The minimum atomic E-state index is -4.75. The first-order chi connectivity index (χ1) is 14.4. The summed E-state index contributed by atoms with van der Waals surface area (Å²) in [5.74, 6) is -0.0887. The maximum Gasteiger partial charge on any atom is 0.573 e. The van der Waals surface area contributed by atoms with Crippen molar-refractivity contribution < 1.29 is 31.1 Å². The van der Waals surface area contributed by atoms with Gasteiger partial charge in [0.25, 0.3) is 0 Å². The first kappa shape index (κ1) is 23.2. The number of nitrogens with one attached hydrogen (secondary N) is 1. The van der Waals surface area contributed by atoms with E-state index in [9.17, 15) is 26.3 Å². The van der Waals surface area contributed by atoms with Crippen LogP contribution in [0.5, 0.6) is 5.75 Å². The second-order valence-electron chi connectivity index (χ2n) is 6.96. The summed E-state index contributed by atoms with van der Waals surface area (Å²) < 4.78 is 79.1. The minimum absolute atomic E-state index is 0.111. The highest BCUT2D eigenvalue weighted by Gasteiger charge is 2.33. The van der Waals surface area contributed by atoms with Crippen LogP contribution in [-0.2, 0) is 6.18 Å².